The third kappa shape index (κ3) is 28.9. The van der Waals surface area contributed by atoms with Gasteiger partial charge >= 0.3 is 0 Å². The van der Waals surface area contributed by atoms with Crippen LogP contribution in [0.3, 0.4) is 0 Å². The van der Waals surface area contributed by atoms with Gasteiger partial charge in [-0.25, -0.2) is 0 Å². The molecule has 2 nitrogen and oxygen atoms in total. The van der Waals surface area contributed by atoms with Gasteiger partial charge in [0, 0.05) is 17.1 Å². The molecule has 0 aliphatic carbocycles. The summed E-state index contributed by atoms with van der Waals surface area (Å²) in [7, 11) is 0. The van der Waals surface area contributed by atoms with Gasteiger partial charge in [0.2, 0.25) is 0 Å². The van der Waals surface area contributed by atoms with Crippen LogP contribution in [0.5, 0.6) is 0 Å². The molecule has 2 unspecified atom stereocenters. The molecular formula is C13H18CuF9N2-5. The Morgan fingerprint density at radius 1 is 0.520 bits per heavy atom. The molecule has 2 rings (SSSR count). The van der Waals surface area contributed by atoms with Crippen LogP contribution in [0.2, 0.25) is 0 Å². The largest absolute Gasteiger partial charge is 0.661 e. The molecule has 0 aromatic heterocycles. The number of piperidine rings is 2. The molecule has 25 heavy (non-hydrogen) atoms. The third-order valence-electron chi connectivity index (χ3n) is 2.99. The van der Waals surface area contributed by atoms with Crippen LogP contribution >= 0.6 is 0 Å². The van der Waals surface area contributed by atoms with E-state index < -0.39 is 20.0 Å². The Balaban J connectivity index is -0.000000314. The second kappa shape index (κ2) is 20.1. The van der Waals surface area contributed by atoms with E-state index in [1.165, 1.54) is 38.5 Å². The minimum absolute atomic E-state index is 0. The van der Waals surface area contributed by atoms with E-state index in [-0.39, 0.29) is 17.1 Å². The van der Waals surface area contributed by atoms with Gasteiger partial charge in [0.1, 0.15) is 0 Å². The zero-order valence-electron chi connectivity index (χ0n) is 12.9. The van der Waals surface area contributed by atoms with Crippen molar-refractivity contribution in [1.82, 2.24) is 0 Å². The standard InChI is InChI=1S/C10H18N2.3CF3.Cu/c1-3-7-11-9(5-1)10-6-2-4-8-12-10;3*2-1(3)4;/h9-10H,1-8H2;;;;/q-2;3*-1;. The molecule has 0 amide bonds. The fourth-order valence-corrected chi connectivity index (χ4v) is 2.26. The zero-order chi connectivity index (χ0) is 19.0. The van der Waals surface area contributed by atoms with Crippen LogP contribution in [-0.4, -0.2) is 25.2 Å². The van der Waals surface area contributed by atoms with Gasteiger partial charge in [0.15, 0.2) is 20.0 Å². The molecule has 159 valence electrons. The molecule has 1 radical (unpaired) electrons. The number of halogens is 9. The van der Waals surface area contributed by atoms with Gasteiger partial charge < -0.3 is 50.1 Å². The second-order valence-electron chi connectivity index (χ2n) is 4.58. The molecular weight excluding hydrogens is 419 g/mol. The maximum absolute atomic E-state index is 9.58. The molecule has 2 atom stereocenters. The monoisotopic (exact) mass is 436 g/mol. The average molecular weight is 437 g/mol. The van der Waals surface area contributed by atoms with Crippen molar-refractivity contribution in [2.24, 2.45) is 0 Å². The Bertz CT molecular complexity index is 213. The van der Waals surface area contributed by atoms with Crippen LogP contribution in [0.4, 0.5) is 39.5 Å². The second-order valence-corrected chi connectivity index (χ2v) is 4.58. The summed E-state index contributed by atoms with van der Waals surface area (Å²) in [6, 6.07) is 1.19. The molecule has 2 aliphatic heterocycles. The molecule has 2 fully saturated rings. The van der Waals surface area contributed by atoms with Crippen molar-refractivity contribution in [3.63, 3.8) is 0 Å². The van der Waals surface area contributed by atoms with Crippen molar-refractivity contribution in [2.75, 3.05) is 13.1 Å². The van der Waals surface area contributed by atoms with Crippen LogP contribution in [0, 0.1) is 20.0 Å². The molecule has 12 heteroatoms. The van der Waals surface area contributed by atoms with Crippen molar-refractivity contribution in [3.8, 4) is 0 Å². The Labute approximate surface area is 151 Å². The average Bonchev–Trinajstić information content (AvgIpc) is 2.47. The fourth-order valence-electron chi connectivity index (χ4n) is 2.26. The van der Waals surface area contributed by atoms with E-state index in [1.54, 1.807) is 0 Å². The molecule has 0 aromatic rings. The first-order valence-electron chi connectivity index (χ1n) is 7.00. The molecule has 0 spiro atoms. The number of hydrogen-bond acceptors (Lipinski definition) is 0. The van der Waals surface area contributed by atoms with E-state index >= 15 is 0 Å². The van der Waals surface area contributed by atoms with Crippen molar-refractivity contribution < 1.29 is 56.6 Å². The molecule has 0 aromatic carbocycles. The topological polar surface area (TPSA) is 28.2 Å². The van der Waals surface area contributed by atoms with Gasteiger partial charge in [-0.2, -0.15) is 12.1 Å². The van der Waals surface area contributed by atoms with Crippen LogP contribution < -0.4 is 0 Å². The maximum atomic E-state index is 9.58. The summed E-state index contributed by atoms with van der Waals surface area (Å²) >= 11 is 0. The molecule has 2 aliphatic rings. The minimum atomic E-state index is -3.08. The predicted molar refractivity (Wildman–Crippen MR) is 71.4 cm³/mol. The Morgan fingerprint density at radius 2 is 0.760 bits per heavy atom. The van der Waals surface area contributed by atoms with Gasteiger partial charge in [0.25, 0.3) is 0 Å². The van der Waals surface area contributed by atoms with Gasteiger partial charge in [-0.15, -0.1) is 13.1 Å². The maximum Gasteiger partial charge on any atom is 0.154 e. The van der Waals surface area contributed by atoms with Crippen LogP contribution in [0.25, 0.3) is 10.6 Å². The van der Waals surface area contributed by atoms with E-state index in [0.29, 0.717) is 12.1 Å². The molecule has 0 saturated carbocycles. The summed E-state index contributed by atoms with van der Waals surface area (Å²) in [5.41, 5.74) is 0. The smallest absolute Gasteiger partial charge is 0.154 e. The Hall–Kier alpha value is -0.191. The molecule has 0 bridgehead atoms. The first kappa shape index (κ1) is 29.6. The summed E-state index contributed by atoms with van der Waals surface area (Å²) in [4.78, 5) is 0. The fraction of sp³-hybridized carbons (Fsp3) is 0.769. The molecule has 2 saturated heterocycles. The minimum Gasteiger partial charge on any atom is -0.661 e. The summed E-state index contributed by atoms with van der Waals surface area (Å²) in [5, 5.41) is 9.32. The summed E-state index contributed by atoms with van der Waals surface area (Å²) < 4.78 is 86.2. The molecule has 0 N–H and O–H groups in total. The van der Waals surface area contributed by atoms with Gasteiger partial charge in [-0.05, 0) is 0 Å². The Kier molecular flexibility index (Phi) is 23.8. The molecule has 2 heterocycles. The van der Waals surface area contributed by atoms with E-state index in [1.807, 2.05) is 0 Å². The van der Waals surface area contributed by atoms with Crippen LogP contribution in [0.1, 0.15) is 38.5 Å². The quantitative estimate of drug-likeness (QED) is 0.244. The van der Waals surface area contributed by atoms with E-state index in [9.17, 15) is 39.5 Å². The van der Waals surface area contributed by atoms with Crippen molar-refractivity contribution >= 4 is 0 Å². The van der Waals surface area contributed by atoms with Crippen molar-refractivity contribution in [1.29, 1.82) is 0 Å². The van der Waals surface area contributed by atoms with E-state index in [4.69, 9.17) is 0 Å². The third-order valence-corrected chi connectivity index (χ3v) is 2.99. The van der Waals surface area contributed by atoms with Crippen molar-refractivity contribution in [2.45, 2.75) is 50.6 Å². The normalized spacial score (nSPS) is 22.6. The van der Waals surface area contributed by atoms with Gasteiger partial charge in [-0.3, -0.25) is 0 Å². The first-order chi connectivity index (χ1) is 11.2. The van der Waals surface area contributed by atoms with Crippen LogP contribution in [-0.2, 0) is 17.1 Å². The van der Waals surface area contributed by atoms with E-state index in [0.717, 1.165) is 13.1 Å². The summed E-state index contributed by atoms with van der Waals surface area (Å²) in [6.45, 7) is -7.06. The first-order valence-corrected chi connectivity index (χ1v) is 7.00. The summed E-state index contributed by atoms with van der Waals surface area (Å²) in [5.74, 6) is 0. The Morgan fingerprint density at radius 3 is 0.920 bits per heavy atom. The van der Waals surface area contributed by atoms with Crippen molar-refractivity contribution in [3.05, 3.63) is 30.7 Å². The van der Waals surface area contributed by atoms with Gasteiger partial charge in [-0.1, -0.05) is 38.5 Å². The zero-order valence-corrected chi connectivity index (χ0v) is 13.9. The SMILES string of the molecule is C1CCC(C2CCCC[N-]2)[N-]C1.F[C-](F)F.F[C-](F)F.F[C-](F)F.[Cu]. The van der Waals surface area contributed by atoms with Gasteiger partial charge in [0.05, 0.1) is 0 Å². The van der Waals surface area contributed by atoms with E-state index in [2.05, 4.69) is 10.6 Å². The van der Waals surface area contributed by atoms with Crippen LogP contribution in [0.15, 0.2) is 0 Å². The number of rotatable bonds is 1. The predicted octanol–water partition coefficient (Wildman–Crippen LogP) is 6.86. The summed E-state index contributed by atoms with van der Waals surface area (Å²) in [6.07, 6.45) is 7.97. The number of hydrogen-bond donors (Lipinski definition) is 0. The number of nitrogens with zero attached hydrogens (tertiary/aromatic N) is 2.